The summed E-state index contributed by atoms with van der Waals surface area (Å²) in [5, 5.41) is 4.72. The van der Waals surface area contributed by atoms with Gasteiger partial charge in [0.15, 0.2) is 5.65 Å². The summed E-state index contributed by atoms with van der Waals surface area (Å²) in [7, 11) is 2.92. The maximum atomic E-state index is 12.7. The summed E-state index contributed by atoms with van der Waals surface area (Å²) in [5.41, 5.74) is -0.512. The van der Waals surface area contributed by atoms with Crippen LogP contribution in [0, 0.1) is 0 Å². The van der Waals surface area contributed by atoms with E-state index in [1.54, 1.807) is 16.2 Å². The molecule has 1 fully saturated rings. The number of nitrogens with zero attached hydrogens (tertiary/aromatic N) is 4. The Morgan fingerprint density at radius 2 is 2.10 bits per heavy atom. The highest BCUT2D eigenvalue weighted by atomic mass is 32.1. The summed E-state index contributed by atoms with van der Waals surface area (Å²) in [6.45, 7) is 0.472. The lowest BCUT2D eigenvalue weighted by atomic mass is 10.2. The van der Waals surface area contributed by atoms with Crippen LogP contribution in [0.1, 0.15) is 23.5 Å². The van der Waals surface area contributed by atoms with Gasteiger partial charge in [0.05, 0.1) is 13.1 Å². The topological polar surface area (TPSA) is 122 Å². The Bertz CT molecular complexity index is 1210. The predicted octanol–water partition coefficient (Wildman–Crippen LogP) is -0.171. The number of hydrogen-bond donors (Lipinski definition) is 2. The first kappa shape index (κ1) is 19.1. The molecule has 0 bridgehead atoms. The Balaban J connectivity index is 1.50. The quantitative estimate of drug-likeness (QED) is 0.598. The number of aromatic nitrogens is 4. The summed E-state index contributed by atoms with van der Waals surface area (Å²) < 4.78 is 2.27. The lowest BCUT2D eigenvalue weighted by Crippen LogP contribution is -2.44. The smallest absolute Gasteiger partial charge is 0.332 e. The van der Waals surface area contributed by atoms with E-state index in [1.807, 2.05) is 17.5 Å². The number of rotatable bonds is 5. The average molecular weight is 416 g/mol. The third-order valence-corrected chi connectivity index (χ3v) is 5.97. The van der Waals surface area contributed by atoms with Gasteiger partial charge < -0.3 is 15.2 Å². The number of thiophene rings is 1. The number of likely N-dealkylation sites (tertiary alicyclic amines) is 1. The number of fused-ring (bicyclic) bond motifs is 1. The molecule has 3 aromatic heterocycles. The van der Waals surface area contributed by atoms with Gasteiger partial charge in [-0.25, -0.2) is 9.78 Å². The van der Waals surface area contributed by atoms with E-state index in [1.165, 1.54) is 18.7 Å². The summed E-state index contributed by atoms with van der Waals surface area (Å²) in [5.74, 6) is 0.0521. The number of H-pyrrole nitrogens is 1. The molecule has 1 aliphatic heterocycles. The van der Waals surface area contributed by atoms with Crippen molar-refractivity contribution in [3.05, 3.63) is 49.1 Å². The van der Waals surface area contributed by atoms with Crippen molar-refractivity contribution < 1.29 is 9.59 Å². The molecule has 0 spiro atoms. The molecule has 0 aromatic carbocycles. The van der Waals surface area contributed by atoms with Gasteiger partial charge in [-0.1, -0.05) is 6.07 Å². The molecule has 1 atom stereocenters. The Kier molecular flexibility index (Phi) is 4.82. The summed E-state index contributed by atoms with van der Waals surface area (Å²) in [6.07, 6.45) is 0.803. The van der Waals surface area contributed by atoms with E-state index in [2.05, 4.69) is 15.3 Å². The van der Waals surface area contributed by atoms with E-state index in [0.717, 1.165) is 9.44 Å². The largest absolute Gasteiger partial charge is 0.347 e. The molecule has 2 N–H and O–H groups in total. The van der Waals surface area contributed by atoms with Gasteiger partial charge in [0.2, 0.25) is 11.8 Å². The third kappa shape index (κ3) is 3.37. The fourth-order valence-corrected chi connectivity index (χ4v) is 4.22. The summed E-state index contributed by atoms with van der Waals surface area (Å²) >= 11 is 1.54. The molecule has 0 saturated carbocycles. The van der Waals surface area contributed by atoms with Gasteiger partial charge >= 0.3 is 5.69 Å². The van der Waals surface area contributed by atoms with Gasteiger partial charge in [0.25, 0.3) is 5.56 Å². The highest BCUT2D eigenvalue weighted by Gasteiger charge is 2.36. The van der Waals surface area contributed by atoms with E-state index >= 15 is 0 Å². The molecular weight excluding hydrogens is 396 g/mol. The molecule has 2 amide bonds. The molecule has 11 heteroatoms. The Labute approximate surface area is 168 Å². The highest BCUT2D eigenvalue weighted by molar-refractivity contribution is 7.09. The van der Waals surface area contributed by atoms with Gasteiger partial charge in [-0.3, -0.25) is 23.5 Å². The Hall–Kier alpha value is -3.21. The van der Waals surface area contributed by atoms with Crippen molar-refractivity contribution in [1.82, 2.24) is 29.3 Å². The van der Waals surface area contributed by atoms with Gasteiger partial charge in [-0.2, -0.15) is 0 Å². The van der Waals surface area contributed by atoms with E-state index in [0.29, 0.717) is 25.2 Å². The lowest BCUT2D eigenvalue weighted by Gasteiger charge is -2.23. The lowest BCUT2D eigenvalue weighted by molar-refractivity contribution is -0.135. The fraction of sp³-hybridized carbons (Fsp3) is 0.389. The molecule has 10 nitrogen and oxygen atoms in total. The van der Waals surface area contributed by atoms with Crippen molar-refractivity contribution >= 4 is 34.3 Å². The molecule has 4 rings (SSSR count). The molecule has 152 valence electrons. The number of hydrogen-bond acceptors (Lipinski definition) is 6. The number of aryl methyl sites for hydroxylation is 1. The van der Waals surface area contributed by atoms with Crippen LogP contribution < -0.4 is 16.6 Å². The predicted molar refractivity (Wildman–Crippen MR) is 106 cm³/mol. The molecule has 3 aromatic rings. The standard InChI is InChI=1S/C18H20N6O4S/c1-22-15-14(17(27)23(2)18(22)28)20-12(21-15)8-19-16(26)11-5-6-13(25)24(11)9-10-4-3-7-29-10/h3-4,7,11H,5-6,8-9H2,1-2H3,(H,19,26)(H,20,21). The van der Waals surface area contributed by atoms with Crippen molar-refractivity contribution in [2.45, 2.75) is 32.0 Å². The van der Waals surface area contributed by atoms with E-state index < -0.39 is 17.3 Å². The first-order valence-corrected chi connectivity index (χ1v) is 9.99. The number of imidazole rings is 1. The Morgan fingerprint density at radius 3 is 2.83 bits per heavy atom. The molecule has 4 heterocycles. The molecule has 1 unspecified atom stereocenters. The maximum absolute atomic E-state index is 12.7. The zero-order valence-corrected chi connectivity index (χ0v) is 16.8. The summed E-state index contributed by atoms with van der Waals surface area (Å²) in [4.78, 5) is 58.9. The number of carbonyl (C=O) groups excluding carboxylic acids is 2. The van der Waals surface area contributed by atoms with Crippen LogP contribution in [-0.2, 0) is 36.8 Å². The van der Waals surface area contributed by atoms with Crippen molar-refractivity contribution in [3.8, 4) is 0 Å². The van der Waals surface area contributed by atoms with Crippen LogP contribution in [0.25, 0.3) is 11.2 Å². The van der Waals surface area contributed by atoms with Crippen LogP contribution in [-0.4, -0.2) is 41.9 Å². The van der Waals surface area contributed by atoms with Gasteiger partial charge in [0.1, 0.15) is 17.4 Å². The van der Waals surface area contributed by atoms with Crippen LogP contribution in [0.2, 0.25) is 0 Å². The zero-order valence-electron chi connectivity index (χ0n) is 16.0. The fourth-order valence-electron chi connectivity index (χ4n) is 3.52. The maximum Gasteiger partial charge on any atom is 0.332 e. The highest BCUT2D eigenvalue weighted by Crippen LogP contribution is 2.23. The first-order chi connectivity index (χ1) is 13.9. The van der Waals surface area contributed by atoms with Crippen LogP contribution >= 0.6 is 11.3 Å². The summed E-state index contributed by atoms with van der Waals surface area (Å²) in [6, 6.07) is 3.31. The molecule has 0 aliphatic carbocycles. The van der Waals surface area contributed by atoms with Crippen molar-refractivity contribution in [2.75, 3.05) is 0 Å². The van der Waals surface area contributed by atoms with Gasteiger partial charge in [-0.15, -0.1) is 11.3 Å². The van der Waals surface area contributed by atoms with E-state index in [-0.39, 0.29) is 29.5 Å². The molecule has 29 heavy (non-hydrogen) atoms. The minimum Gasteiger partial charge on any atom is -0.347 e. The molecule has 1 saturated heterocycles. The SMILES string of the molecule is Cn1c(=O)c2[nH]c(CNC(=O)C3CCC(=O)N3Cc3cccs3)nc2n(C)c1=O. The number of carbonyl (C=O) groups is 2. The minimum atomic E-state index is -0.536. The van der Waals surface area contributed by atoms with Crippen molar-refractivity contribution in [2.24, 2.45) is 14.1 Å². The number of amides is 2. The minimum absolute atomic E-state index is 0.0409. The Morgan fingerprint density at radius 1 is 1.31 bits per heavy atom. The van der Waals surface area contributed by atoms with Crippen LogP contribution in [0.4, 0.5) is 0 Å². The molecule has 0 radical (unpaired) electrons. The molecular formula is C18H20N6O4S. The van der Waals surface area contributed by atoms with E-state index in [9.17, 15) is 19.2 Å². The third-order valence-electron chi connectivity index (χ3n) is 5.11. The van der Waals surface area contributed by atoms with Crippen LogP contribution in [0.5, 0.6) is 0 Å². The molecule has 1 aliphatic rings. The second kappa shape index (κ2) is 7.32. The first-order valence-electron chi connectivity index (χ1n) is 9.11. The van der Waals surface area contributed by atoms with Gasteiger partial charge in [0, 0.05) is 25.4 Å². The number of aromatic amines is 1. The monoisotopic (exact) mass is 416 g/mol. The second-order valence-electron chi connectivity index (χ2n) is 6.96. The van der Waals surface area contributed by atoms with Crippen LogP contribution in [0.15, 0.2) is 27.1 Å². The second-order valence-corrected chi connectivity index (χ2v) is 7.99. The van der Waals surface area contributed by atoms with Crippen molar-refractivity contribution in [3.63, 3.8) is 0 Å². The average Bonchev–Trinajstić information content (AvgIpc) is 3.44. The zero-order chi connectivity index (χ0) is 20.7. The normalized spacial score (nSPS) is 16.7. The van der Waals surface area contributed by atoms with E-state index in [4.69, 9.17) is 0 Å². The number of nitrogens with one attached hydrogen (secondary N) is 2. The van der Waals surface area contributed by atoms with Crippen LogP contribution in [0.3, 0.4) is 0 Å². The van der Waals surface area contributed by atoms with Gasteiger partial charge in [-0.05, 0) is 17.9 Å². The van der Waals surface area contributed by atoms with Crippen molar-refractivity contribution in [1.29, 1.82) is 0 Å².